The van der Waals surface area contributed by atoms with E-state index in [-0.39, 0.29) is 0 Å². The third-order valence-corrected chi connectivity index (χ3v) is 4.95. The molecule has 3 aromatic rings. The first kappa shape index (κ1) is 14.7. The first-order valence-corrected chi connectivity index (χ1v) is 8.87. The van der Waals surface area contributed by atoms with Crippen LogP contribution in [-0.4, -0.2) is 45.8 Å². The largest absolute Gasteiger partial charge is 0.384 e. The molecule has 128 valence electrons. The first-order chi connectivity index (χ1) is 12.3. The van der Waals surface area contributed by atoms with Crippen LogP contribution in [-0.2, 0) is 0 Å². The molecule has 2 fully saturated rings. The van der Waals surface area contributed by atoms with Crippen molar-refractivity contribution in [2.75, 3.05) is 36.8 Å². The third-order valence-electron chi connectivity index (χ3n) is 4.95. The maximum atomic E-state index is 5.92. The smallest absolute Gasteiger partial charge is 0.154 e. The topological polar surface area (TPSA) is 84.4 Å². The van der Waals surface area contributed by atoms with E-state index in [9.17, 15) is 0 Å². The fourth-order valence-corrected chi connectivity index (χ4v) is 3.51. The Hall–Kier alpha value is -2.67. The molecule has 0 amide bonds. The van der Waals surface area contributed by atoms with E-state index >= 15 is 0 Å². The van der Waals surface area contributed by atoms with Crippen LogP contribution in [0.15, 0.2) is 30.5 Å². The highest BCUT2D eigenvalue weighted by molar-refractivity contribution is 5.70. The monoisotopic (exact) mass is 335 g/mol. The Labute approximate surface area is 145 Å². The zero-order valence-corrected chi connectivity index (χ0v) is 14.0. The maximum absolute atomic E-state index is 5.92. The number of hydrogen-bond donors (Lipinski definition) is 2. The normalized spacial score (nSPS) is 18.0. The number of aromatic nitrogens is 4. The molecule has 1 saturated carbocycles. The van der Waals surface area contributed by atoms with Gasteiger partial charge in [0.05, 0.1) is 11.4 Å². The number of nitrogens with two attached hydrogens (primary N) is 1. The number of imidazole rings is 1. The van der Waals surface area contributed by atoms with E-state index in [1.165, 1.54) is 12.8 Å². The minimum atomic E-state index is 0.521. The van der Waals surface area contributed by atoms with E-state index in [1.54, 1.807) is 6.20 Å². The van der Waals surface area contributed by atoms with Gasteiger partial charge in [0.25, 0.3) is 0 Å². The number of fused-ring (bicyclic) bond motifs is 1. The number of nitrogens with zero attached hydrogens (tertiary/aromatic N) is 5. The second kappa shape index (κ2) is 5.70. The molecule has 3 N–H and O–H groups in total. The Morgan fingerprint density at radius 1 is 1.12 bits per heavy atom. The molecule has 0 bridgehead atoms. The van der Waals surface area contributed by atoms with E-state index in [0.29, 0.717) is 11.7 Å². The van der Waals surface area contributed by atoms with Gasteiger partial charge in [0, 0.05) is 43.9 Å². The van der Waals surface area contributed by atoms with Crippen LogP contribution in [0.5, 0.6) is 0 Å². The molecule has 7 heteroatoms. The standard InChI is InChI=1S/C18H21N7/c19-14-11-13(5-6-21-14)18-17(12-1-2-12)22-15-3-4-16(23-25(15)18)24-9-7-20-8-10-24/h3-6,11-12,20H,1-2,7-10H2,(H2,19,21). The van der Waals surface area contributed by atoms with Gasteiger partial charge in [-0.2, -0.15) is 0 Å². The summed E-state index contributed by atoms with van der Waals surface area (Å²) in [6, 6.07) is 8.05. The number of piperazine rings is 1. The molecule has 5 rings (SSSR count). The molecule has 3 aromatic heterocycles. The van der Waals surface area contributed by atoms with E-state index < -0.39 is 0 Å². The summed E-state index contributed by atoms with van der Waals surface area (Å²) in [5.74, 6) is 2.05. The van der Waals surface area contributed by atoms with Crippen LogP contribution in [0.3, 0.4) is 0 Å². The van der Waals surface area contributed by atoms with Gasteiger partial charge in [-0.3, -0.25) is 0 Å². The van der Waals surface area contributed by atoms with Crippen molar-refractivity contribution in [3.63, 3.8) is 0 Å². The van der Waals surface area contributed by atoms with E-state index in [0.717, 1.165) is 54.6 Å². The van der Waals surface area contributed by atoms with Gasteiger partial charge in [0.2, 0.25) is 0 Å². The summed E-state index contributed by atoms with van der Waals surface area (Å²) in [5, 5.41) is 8.31. The SMILES string of the molecule is Nc1cc(-c2c(C3CC3)nc3ccc(N4CCNCC4)nn23)ccn1. The van der Waals surface area contributed by atoms with Crippen LogP contribution < -0.4 is 16.0 Å². The first-order valence-electron chi connectivity index (χ1n) is 8.87. The van der Waals surface area contributed by atoms with Gasteiger partial charge >= 0.3 is 0 Å². The van der Waals surface area contributed by atoms with Crippen molar-refractivity contribution in [1.82, 2.24) is 24.9 Å². The summed E-state index contributed by atoms with van der Waals surface area (Å²) in [5.41, 5.74) is 10.0. The number of nitrogen functional groups attached to an aromatic ring is 1. The summed E-state index contributed by atoms with van der Waals surface area (Å²) in [4.78, 5) is 11.3. The Morgan fingerprint density at radius 3 is 2.72 bits per heavy atom. The molecule has 25 heavy (non-hydrogen) atoms. The molecule has 7 nitrogen and oxygen atoms in total. The van der Waals surface area contributed by atoms with Crippen molar-refractivity contribution in [2.45, 2.75) is 18.8 Å². The molecule has 1 saturated heterocycles. The maximum Gasteiger partial charge on any atom is 0.154 e. The fraction of sp³-hybridized carbons (Fsp3) is 0.389. The molecule has 0 aromatic carbocycles. The van der Waals surface area contributed by atoms with Crippen LogP contribution >= 0.6 is 0 Å². The van der Waals surface area contributed by atoms with Crippen molar-refractivity contribution in [3.8, 4) is 11.3 Å². The van der Waals surface area contributed by atoms with E-state index in [2.05, 4.69) is 27.3 Å². The summed E-state index contributed by atoms with van der Waals surface area (Å²) >= 11 is 0. The average molecular weight is 335 g/mol. The molecule has 1 aliphatic heterocycles. The number of pyridine rings is 1. The summed E-state index contributed by atoms with van der Waals surface area (Å²) < 4.78 is 1.99. The fourth-order valence-electron chi connectivity index (χ4n) is 3.51. The predicted octanol–water partition coefficient (Wildman–Crippen LogP) is 1.66. The van der Waals surface area contributed by atoms with Crippen LogP contribution in [0.1, 0.15) is 24.5 Å². The van der Waals surface area contributed by atoms with Crippen LogP contribution in [0.25, 0.3) is 16.9 Å². The highest BCUT2D eigenvalue weighted by Gasteiger charge is 2.31. The van der Waals surface area contributed by atoms with E-state index in [1.807, 2.05) is 16.6 Å². The Balaban J connectivity index is 1.68. The van der Waals surface area contributed by atoms with Crippen molar-refractivity contribution < 1.29 is 0 Å². The molecule has 2 aliphatic rings. The second-order valence-electron chi connectivity index (χ2n) is 6.79. The number of anilines is 2. The molecule has 0 radical (unpaired) electrons. The number of hydrogen-bond acceptors (Lipinski definition) is 6. The molecule has 0 unspecified atom stereocenters. The zero-order chi connectivity index (χ0) is 16.8. The third kappa shape index (κ3) is 2.60. The lowest BCUT2D eigenvalue weighted by Gasteiger charge is -2.28. The molecular formula is C18H21N7. The van der Waals surface area contributed by atoms with Gasteiger partial charge in [0.1, 0.15) is 11.6 Å². The Bertz CT molecular complexity index is 922. The van der Waals surface area contributed by atoms with Gasteiger partial charge in [0.15, 0.2) is 5.65 Å². The lowest BCUT2D eigenvalue weighted by atomic mass is 10.1. The average Bonchev–Trinajstić information content (AvgIpc) is 3.42. The molecular weight excluding hydrogens is 314 g/mol. The minimum Gasteiger partial charge on any atom is -0.384 e. The van der Waals surface area contributed by atoms with Crippen molar-refractivity contribution in [2.24, 2.45) is 0 Å². The molecule has 4 heterocycles. The Kier molecular flexibility index (Phi) is 3.34. The molecule has 1 aliphatic carbocycles. The van der Waals surface area contributed by atoms with Gasteiger partial charge < -0.3 is 16.0 Å². The quantitative estimate of drug-likeness (QED) is 0.757. The van der Waals surface area contributed by atoms with Gasteiger partial charge in [-0.25, -0.2) is 14.5 Å². The summed E-state index contributed by atoms with van der Waals surface area (Å²) in [6.45, 7) is 3.93. The lowest BCUT2D eigenvalue weighted by molar-refractivity contribution is 0.582. The van der Waals surface area contributed by atoms with Crippen molar-refractivity contribution in [1.29, 1.82) is 0 Å². The second-order valence-corrected chi connectivity index (χ2v) is 6.79. The van der Waals surface area contributed by atoms with Crippen LogP contribution in [0.2, 0.25) is 0 Å². The van der Waals surface area contributed by atoms with Crippen LogP contribution in [0, 0.1) is 0 Å². The van der Waals surface area contributed by atoms with Crippen LogP contribution in [0.4, 0.5) is 11.6 Å². The van der Waals surface area contributed by atoms with Gasteiger partial charge in [-0.05, 0) is 37.1 Å². The highest BCUT2D eigenvalue weighted by atomic mass is 15.3. The predicted molar refractivity (Wildman–Crippen MR) is 97.7 cm³/mol. The Morgan fingerprint density at radius 2 is 1.96 bits per heavy atom. The number of nitrogens with one attached hydrogen (secondary N) is 1. The van der Waals surface area contributed by atoms with Crippen molar-refractivity contribution in [3.05, 3.63) is 36.2 Å². The van der Waals surface area contributed by atoms with Gasteiger partial charge in [-0.15, -0.1) is 5.10 Å². The van der Waals surface area contributed by atoms with Gasteiger partial charge in [-0.1, -0.05) is 0 Å². The molecule has 0 spiro atoms. The lowest BCUT2D eigenvalue weighted by Crippen LogP contribution is -2.44. The number of rotatable bonds is 3. The summed E-state index contributed by atoms with van der Waals surface area (Å²) in [7, 11) is 0. The summed E-state index contributed by atoms with van der Waals surface area (Å²) in [6.07, 6.45) is 4.14. The zero-order valence-electron chi connectivity index (χ0n) is 14.0. The highest BCUT2D eigenvalue weighted by Crippen LogP contribution is 2.44. The molecule has 0 atom stereocenters. The minimum absolute atomic E-state index is 0.521. The van der Waals surface area contributed by atoms with Crippen molar-refractivity contribution >= 4 is 17.3 Å². The van der Waals surface area contributed by atoms with E-state index in [4.69, 9.17) is 15.8 Å².